The van der Waals surface area contributed by atoms with Crippen LogP contribution in [0, 0.1) is 0 Å². The van der Waals surface area contributed by atoms with Crippen LogP contribution in [0.15, 0.2) is 12.1 Å². The number of hydrogen-bond donors (Lipinski definition) is 1. The van der Waals surface area contributed by atoms with E-state index in [1.54, 1.807) is 11.9 Å². The van der Waals surface area contributed by atoms with Crippen LogP contribution in [-0.2, 0) is 16.6 Å². The molecule has 1 unspecified atom stereocenters. The Balaban J connectivity index is 1.92. The van der Waals surface area contributed by atoms with E-state index < -0.39 is 47.7 Å². The SMILES string of the molecule is [2H]c1c([2H])c(OC([2H])([2H])[2H])c2c3c1C[C@@]1([2H])N(C)CC[C@@]34C([2H])(O2)C(=O)CC[C@@]14O. The Kier molecular flexibility index (Phi) is 1.51. The average molecular weight is 322 g/mol. The van der Waals surface area contributed by atoms with Gasteiger partial charge in [-0.25, -0.2) is 0 Å². The van der Waals surface area contributed by atoms with Crippen molar-refractivity contribution in [3.8, 4) is 11.5 Å². The van der Waals surface area contributed by atoms with Gasteiger partial charge >= 0.3 is 0 Å². The Bertz CT molecular complexity index is 1020. The number of methoxy groups -OCH3 is 1. The summed E-state index contributed by atoms with van der Waals surface area (Å²) < 4.78 is 68.2. The number of hydrogen-bond acceptors (Lipinski definition) is 5. The van der Waals surface area contributed by atoms with Crippen molar-refractivity contribution in [2.24, 2.45) is 0 Å². The first-order valence-electron chi connectivity index (χ1n) is 11.2. The summed E-state index contributed by atoms with van der Waals surface area (Å²) in [6.07, 6.45) is -2.51. The smallest absolute Gasteiger partial charge is 0.174 e. The number of carbonyl (C=O) groups is 1. The third-order valence-corrected chi connectivity index (χ3v) is 5.96. The molecule has 5 nitrogen and oxygen atoms in total. The summed E-state index contributed by atoms with van der Waals surface area (Å²) in [4.78, 5) is 14.7. The molecule has 1 saturated heterocycles. The second-order valence-corrected chi connectivity index (χ2v) is 6.78. The van der Waals surface area contributed by atoms with E-state index in [9.17, 15) is 11.3 Å². The van der Waals surface area contributed by atoms with Gasteiger partial charge in [0.1, 0.15) is 0 Å². The Hall–Kier alpha value is -1.59. The molecule has 2 aliphatic carbocycles. The number of ketones is 1. The van der Waals surface area contributed by atoms with Gasteiger partial charge in [-0.05, 0) is 44.5 Å². The molecule has 5 rings (SSSR count). The lowest BCUT2D eigenvalue weighted by Gasteiger charge is -2.62. The molecule has 23 heavy (non-hydrogen) atoms. The Morgan fingerprint density at radius 1 is 1.57 bits per heavy atom. The van der Waals surface area contributed by atoms with Crippen LogP contribution in [0.4, 0.5) is 0 Å². The maximum Gasteiger partial charge on any atom is 0.174 e. The fourth-order valence-corrected chi connectivity index (χ4v) is 4.94. The molecular formula is C18H21NO4. The van der Waals surface area contributed by atoms with Gasteiger partial charge in [-0.2, -0.15) is 0 Å². The van der Waals surface area contributed by atoms with Crippen molar-refractivity contribution in [3.05, 3.63) is 23.2 Å². The van der Waals surface area contributed by atoms with Crippen LogP contribution < -0.4 is 9.47 Å². The van der Waals surface area contributed by atoms with Crippen molar-refractivity contribution in [1.29, 1.82) is 0 Å². The van der Waals surface area contributed by atoms with E-state index in [0.717, 1.165) is 0 Å². The van der Waals surface area contributed by atoms with Crippen LogP contribution in [0.1, 0.15) is 40.0 Å². The van der Waals surface area contributed by atoms with Gasteiger partial charge in [-0.15, -0.1) is 0 Å². The first-order chi connectivity index (χ1) is 13.7. The lowest BCUT2D eigenvalue weighted by molar-refractivity contribution is -0.185. The van der Waals surface area contributed by atoms with E-state index in [4.69, 9.17) is 17.7 Å². The third kappa shape index (κ3) is 1.32. The van der Waals surface area contributed by atoms with Crippen LogP contribution in [0.2, 0.25) is 0 Å². The highest BCUT2D eigenvalue weighted by Gasteiger charge is 2.72. The lowest BCUT2D eigenvalue weighted by atomic mass is 9.49. The molecule has 0 aromatic heterocycles. The first kappa shape index (κ1) is 8.49. The fourth-order valence-electron chi connectivity index (χ4n) is 4.94. The maximum atomic E-state index is 13.0. The molecule has 4 aliphatic rings. The van der Waals surface area contributed by atoms with E-state index in [-0.39, 0.29) is 48.6 Å². The predicted molar refractivity (Wildman–Crippen MR) is 83.0 cm³/mol. The van der Waals surface area contributed by atoms with Crippen molar-refractivity contribution in [2.45, 2.75) is 48.8 Å². The Morgan fingerprint density at radius 3 is 3.26 bits per heavy atom. The van der Waals surface area contributed by atoms with Gasteiger partial charge in [0.2, 0.25) is 0 Å². The number of ether oxygens (including phenoxy) is 2. The number of Topliss-reactive ketones (excluding diaryl/α,β-unsaturated/α-hetero) is 1. The number of rotatable bonds is 1. The zero-order chi connectivity index (χ0) is 22.1. The first-order valence-corrected chi connectivity index (χ1v) is 7.75. The monoisotopic (exact) mass is 322 g/mol. The molecule has 1 saturated carbocycles. The minimum absolute atomic E-state index is 0.0477. The standard InChI is InChI=1S/C18H21NO4/c1-19-8-7-17-14-10-3-4-12(22-2)15(14)23-16(17)11(20)5-6-18(17,21)13(19)9-10/h3-4,13,16,21H,5-9H2,1-2H3/t13-,16?,17+,18-/m1/s1/i2D3,3D,4D,13D,16D. The van der Waals surface area contributed by atoms with Crippen molar-refractivity contribution >= 4 is 5.78 Å². The molecule has 2 bridgehead atoms. The molecule has 1 N–H and O–H groups in total. The zero-order valence-corrected chi connectivity index (χ0v) is 12.7. The summed E-state index contributed by atoms with van der Waals surface area (Å²) in [5.74, 6) is -1.35. The summed E-state index contributed by atoms with van der Waals surface area (Å²) in [6, 6.07) is -2.52. The number of benzene rings is 1. The largest absolute Gasteiger partial charge is 0.493 e. The van der Waals surface area contributed by atoms with Gasteiger partial charge in [-0.3, -0.25) is 4.79 Å². The third-order valence-electron chi connectivity index (χ3n) is 5.96. The van der Waals surface area contributed by atoms with Gasteiger partial charge in [0, 0.05) is 18.0 Å². The topological polar surface area (TPSA) is 59.0 Å². The number of aliphatic hydroxyl groups is 1. The number of piperidine rings is 1. The van der Waals surface area contributed by atoms with Crippen molar-refractivity contribution in [2.75, 3.05) is 20.6 Å². The zero-order valence-electron chi connectivity index (χ0n) is 19.7. The normalized spacial score (nSPS) is 51.9. The lowest BCUT2D eigenvalue weighted by Crippen LogP contribution is -2.76. The molecule has 2 heterocycles. The number of nitrogens with zero attached hydrogens (tertiary/aromatic N) is 1. The van der Waals surface area contributed by atoms with Crippen LogP contribution in [0.25, 0.3) is 0 Å². The highest BCUT2D eigenvalue weighted by atomic mass is 16.5. The second kappa shape index (κ2) is 4.08. The summed E-state index contributed by atoms with van der Waals surface area (Å²) in [5, 5.41) is 12.0. The fraction of sp³-hybridized carbons (Fsp3) is 0.611. The second-order valence-electron chi connectivity index (χ2n) is 6.78. The summed E-state index contributed by atoms with van der Waals surface area (Å²) in [5.41, 5.74) is -3.08. The summed E-state index contributed by atoms with van der Waals surface area (Å²) in [6.45, 7) is 0.299. The minimum atomic E-state index is -2.95. The number of likely N-dealkylation sites (tertiary alicyclic amines) is 1. The van der Waals surface area contributed by atoms with Crippen LogP contribution in [0.5, 0.6) is 11.5 Å². The van der Waals surface area contributed by atoms with Gasteiger partial charge < -0.3 is 19.5 Å². The van der Waals surface area contributed by atoms with Crippen molar-refractivity contribution < 1.29 is 29.0 Å². The van der Waals surface area contributed by atoms with E-state index in [2.05, 4.69) is 0 Å². The van der Waals surface area contributed by atoms with E-state index in [1.807, 2.05) is 0 Å². The van der Waals surface area contributed by atoms with Crippen LogP contribution >= 0.6 is 0 Å². The Morgan fingerprint density at radius 2 is 2.43 bits per heavy atom. The molecule has 1 aromatic rings. The van der Waals surface area contributed by atoms with Crippen molar-refractivity contribution in [1.82, 2.24) is 4.90 Å². The van der Waals surface area contributed by atoms with Gasteiger partial charge in [0.05, 0.1) is 27.6 Å². The van der Waals surface area contributed by atoms with E-state index >= 15 is 0 Å². The Labute approximate surface area is 145 Å². The van der Waals surface area contributed by atoms with Crippen molar-refractivity contribution in [3.63, 3.8) is 0 Å². The molecule has 5 heteroatoms. The quantitative estimate of drug-likeness (QED) is 0.837. The van der Waals surface area contributed by atoms with Gasteiger partial charge in [0.15, 0.2) is 23.4 Å². The van der Waals surface area contributed by atoms with Crippen LogP contribution in [0.3, 0.4) is 0 Å². The highest BCUT2D eigenvalue weighted by Crippen LogP contribution is 2.64. The van der Waals surface area contributed by atoms with Gasteiger partial charge in [0.25, 0.3) is 0 Å². The van der Waals surface area contributed by atoms with Gasteiger partial charge in [-0.1, -0.05) is 6.04 Å². The molecule has 4 atom stereocenters. The molecule has 0 amide bonds. The van der Waals surface area contributed by atoms with E-state index in [0.29, 0.717) is 6.54 Å². The van der Waals surface area contributed by atoms with Crippen LogP contribution in [-0.4, -0.2) is 54.1 Å². The average Bonchev–Trinajstić information content (AvgIpc) is 2.92. The molecule has 0 radical (unpaired) electrons. The molecule has 122 valence electrons. The number of likely N-dealkylation sites (N-methyl/N-ethyl adjacent to an activating group) is 1. The maximum absolute atomic E-state index is 13.0. The molecule has 1 aromatic carbocycles. The summed E-state index contributed by atoms with van der Waals surface area (Å²) in [7, 11) is -1.27. The number of carbonyl (C=O) groups excluding carboxylic acids is 1. The highest BCUT2D eigenvalue weighted by molar-refractivity contribution is 5.90. The summed E-state index contributed by atoms with van der Waals surface area (Å²) >= 11 is 0. The van der Waals surface area contributed by atoms with E-state index in [1.165, 1.54) is 0 Å². The molecule has 2 fully saturated rings. The predicted octanol–water partition coefficient (Wildman–Crippen LogP) is 1.05. The minimum Gasteiger partial charge on any atom is -0.493 e. The molecule has 1 spiro atoms. The molecular weight excluding hydrogens is 294 g/mol. The molecule has 2 aliphatic heterocycles.